The molecule has 7 heteroatoms. The second-order valence-corrected chi connectivity index (χ2v) is 4.97. The first kappa shape index (κ1) is 17.4. The summed E-state index contributed by atoms with van der Waals surface area (Å²) in [5.41, 5.74) is 1.23. The number of hydrogen-bond donors (Lipinski definition) is 3. The first-order valence-corrected chi connectivity index (χ1v) is 7.42. The Kier molecular flexibility index (Phi) is 5.86. The van der Waals surface area contributed by atoms with Crippen LogP contribution in [-0.4, -0.2) is 47.0 Å². The van der Waals surface area contributed by atoms with Crippen LogP contribution in [0.3, 0.4) is 0 Å². The molecule has 1 aromatic heterocycles. The number of carbonyl (C=O) groups is 3. The van der Waals surface area contributed by atoms with Gasteiger partial charge in [0.15, 0.2) is 11.8 Å². The summed E-state index contributed by atoms with van der Waals surface area (Å²) in [4.78, 5) is 38.6. The maximum atomic E-state index is 12.2. The van der Waals surface area contributed by atoms with Crippen molar-refractivity contribution in [2.45, 2.75) is 13.0 Å². The molecule has 0 aliphatic heterocycles. The zero-order valence-corrected chi connectivity index (χ0v) is 13.1. The third kappa shape index (κ3) is 4.08. The smallest absolute Gasteiger partial charge is 0.331 e. The Morgan fingerprint density at radius 1 is 1.12 bits per heavy atom. The van der Waals surface area contributed by atoms with Gasteiger partial charge in [-0.1, -0.05) is 12.1 Å². The second-order valence-electron chi connectivity index (χ2n) is 4.97. The van der Waals surface area contributed by atoms with Crippen molar-refractivity contribution in [3.05, 3.63) is 59.4 Å². The minimum absolute atomic E-state index is 0.154. The van der Waals surface area contributed by atoms with Crippen LogP contribution in [0.25, 0.3) is 0 Å². The minimum Gasteiger partial charge on any atom is -0.464 e. The van der Waals surface area contributed by atoms with E-state index in [2.05, 4.69) is 10.3 Å². The minimum atomic E-state index is -1.13. The van der Waals surface area contributed by atoms with Crippen molar-refractivity contribution < 1.29 is 24.2 Å². The Labute approximate surface area is 138 Å². The topological polar surface area (TPSA) is 108 Å². The highest BCUT2D eigenvalue weighted by molar-refractivity contribution is 6.09. The van der Waals surface area contributed by atoms with Crippen LogP contribution in [0.1, 0.15) is 33.2 Å². The Morgan fingerprint density at radius 2 is 1.79 bits per heavy atom. The van der Waals surface area contributed by atoms with E-state index in [0.717, 1.165) is 0 Å². The zero-order chi connectivity index (χ0) is 17.5. The molecule has 0 fully saturated rings. The number of carbonyl (C=O) groups excluding carboxylic acids is 3. The Morgan fingerprint density at radius 3 is 2.33 bits per heavy atom. The van der Waals surface area contributed by atoms with E-state index >= 15 is 0 Å². The number of nitrogens with one attached hydrogen (secondary N) is 2. The molecule has 126 valence electrons. The number of H-pyrrole nitrogens is 1. The van der Waals surface area contributed by atoms with Crippen molar-refractivity contribution >= 4 is 17.7 Å². The van der Waals surface area contributed by atoms with E-state index in [1.807, 2.05) is 0 Å². The van der Waals surface area contributed by atoms with Crippen LogP contribution in [0.2, 0.25) is 0 Å². The highest BCUT2D eigenvalue weighted by Crippen LogP contribution is 2.11. The van der Waals surface area contributed by atoms with Crippen LogP contribution in [0.4, 0.5) is 0 Å². The molecule has 3 N–H and O–H groups in total. The summed E-state index contributed by atoms with van der Waals surface area (Å²) < 4.78 is 4.76. The van der Waals surface area contributed by atoms with Crippen molar-refractivity contribution in [1.82, 2.24) is 10.3 Å². The van der Waals surface area contributed by atoms with Gasteiger partial charge in [0.2, 0.25) is 0 Å². The van der Waals surface area contributed by atoms with Gasteiger partial charge in [0.25, 0.3) is 5.91 Å². The van der Waals surface area contributed by atoms with Gasteiger partial charge in [0.05, 0.1) is 13.2 Å². The largest absolute Gasteiger partial charge is 0.464 e. The second kappa shape index (κ2) is 8.07. The van der Waals surface area contributed by atoms with E-state index in [4.69, 9.17) is 4.74 Å². The van der Waals surface area contributed by atoms with Crippen molar-refractivity contribution in [3.8, 4) is 0 Å². The zero-order valence-electron chi connectivity index (χ0n) is 13.1. The molecule has 0 unspecified atom stereocenters. The van der Waals surface area contributed by atoms with E-state index in [0.29, 0.717) is 11.1 Å². The predicted molar refractivity (Wildman–Crippen MR) is 85.6 cm³/mol. The maximum absolute atomic E-state index is 12.2. The molecule has 1 atom stereocenters. The molecule has 2 aromatic rings. The van der Waals surface area contributed by atoms with Crippen LogP contribution in [0.5, 0.6) is 0 Å². The predicted octanol–water partition coefficient (Wildman–Crippen LogP) is 0.899. The molecule has 0 aliphatic rings. The molecule has 1 heterocycles. The number of amides is 1. The Hall–Kier alpha value is -2.93. The van der Waals surface area contributed by atoms with Crippen LogP contribution < -0.4 is 5.32 Å². The number of esters is 1. The average molecular weight is 330 g/mol. The van der Waals surface area contributed by atoms with E-state index in [9.17, 15) is 19.5 Å². The van der Waals surface area contributed by atoms with E-state index in [1.165, 1.54) is 24.3 Å². The van der Waals surface area contributed by atoms with Crippen molar-refractivity contribution in [3.63, 3.8) is 0 Å². The summed E-state index contributed by atoms with van der Waals surface area (Å²) in [6, 6.07) is 6.56. The lowest BCUT2D eigenvalue weighted by Gasteiger charge is -2.14. The van der Waals surface area contributed by atoms with Crippen molar-refractivity contribution in [2.75, 3.05) is 13.2 Å². The quantitative estimate of drug-likeness (QED) is 0.516. The van der Waals surface area contributed by atoms with E-state index < -0.39 is 24.5 Å². The van der Waals surface area contributed by atoms with Gasteiger partial charge in [-0.3, -0.25) is 9.59 Å². The van der Waals surface area contributed by atoms with E-state index in [1.54, 1.807) is 25.4 Å². The molecular weight excluding hydrogens is 312 g/mol. The number of aromatic nitrogens is 1. The number of aromatic amines is 1. The van der Waals surface area contributed by atoms with Crippen molar-refractivity contribution in [2.24, 2.45) is 0 Å². The molecule has 1 aromatic carbocycles. The first-order chi connectivity index (χ1) is 11.6. The van der Waals surface area contributed by atoms with E-state index in [-0.39, 0.29) is 18.0 Å². The fourth-order valence-electron chi connectivity index (χ4n) is 2.07. The highest BCUT2D eigenvalue weighted by atomic mass is 16.5. The monoisotopic (exact) mass is 330 g/mol. The van der Waals surface area contributed by atoms with Gasteiger partial charge in [0, 0.05) is 29.1 Å². The fourth-order valence-corrected chi connectivity index (χ4v) is 2.07. The van der Waals surface area contributed by atoms with Crippen LogP contribution in [0, 0.1) is 0 Å². The Bertz CT molecular complexity index is 707. The third-order valence-electron chi connectivity index (χ3n) is 3.33. The fraction of sp³-hybridized carbons (Fsp3) is 0.235. The molecule has 0 bridgehead atoms. The summed E-state index contributed by atoms with van der Waals surface area (Å²) in [7, 11) is 0. The number of aliphatic hydroxyl groups excluding tert-OH is 1. The van der Waals surface area contributed by atoms with Gasteiger partial charge >= 0.3 is 5.97 Å². The van der Waals surface area contributed by atoms with Crippen molar-refractivity contribution in [1.29, 1.82) is 0 Å². The maximum Gasteiger partial charge on any atom is 0.331 e. The average Bonchev–Trinajstić information content (AvgIpc) is 3.13. The first-order valence-electron chi connectivity index (χ1n) is 7.42. The molecule has 0 spiro atoms. The molecule has 0 saturated heterocycles. The summed E-state index contributed by atoms with van der Waals surface area (Å²) in [5.74, 6) is -1.40. The number of benzene rings is 1. The molecule has 2 rings (SSSR count). The molecule has 24 heavy (non-hydrogen) atoms. The number of aliphatic hydroxyl groups is 1. The molecule has 1 amide bonds. The van der Waals surface area contributed by atoms with Gasteiger partial charge in [0.1, 0.15) is 0 Å². The summed E-state index contributed by atoms with van der Waals surface area (Å²) in [6.45, 7) is 1.23. The van der Waals surface area contributed by atoms with Gasteiger partial charge in [-0.2, -0.15) is 0 Å². The molecule has 0 aliphatic carbocycles. The summed E-state index contributed by atoms with van der Waals surface area (Å²) in [6.07, 6.45) is 3.24. The normalized spacial score (nSPS) is 11.6. The number of ketones is 1. The van der Waals surface area contributed by atoms with Crippen LogP contribution >= 0.6 is 0 Å². The standard InChI is InChI=1S/C17H18N2O5/c1-2-24-17(23)14(10-20)19-16(22)12-5-3-11(4-6-12)15(21)13-7-8-18-9-13/h3-9,14,18,20H,2,10H2,1H3,(H,19,22)/t14-/m1/s1. The lowest BCUT2D eigenvalue weighted by Crippen LogP contribution is -2.44. The molecular formula is C17H18N2O5. The van der Waals surface area contributed by atoms with Gasteiger partial charge in [-0.05, 0) is 25.1 Å². The SMILES string of the molecule is CCOC(=O)[C@@H](CO)NC(=O)c1ccc(C(=O)c2cc[nH]c2)cc1. The van der Waals surface area contributed by atoms with Gasteiger partial charge in [-0.15, -0.1) is 0 Å². The number of ether oxygens (including phenoxy) is 1. The molecule has 0 radical (unpaired) electrons. The lowest BCUT2D eigenvalue weighted by molar-refractivity contribution is -0.146. The van der Waals surface area contributed by atoms with Gasteiger partial charge in [-0.25, -0.2) is 4.79 Å². The lowest BCUT2D eigenvalue weighted by atomic mass is 10.0. The van der Waals surface area contributed by atoms with Crippen LogP contribution in [-0.2, 0) is 9.53 Å². The Balaban J connectivity index is 2.05. The summed E-state index contributed by atoms with van der Waals surface area (Å²) in [5, 5.41) is 11.6. The van der Waals surface area contributed by atoms with Gasteiger partial charge < -0.3 is 20.1 Å². The number of rotatable bonds is 7. The third-order valence-corrected chi connectivity index (χ3v) is 3.33. The highest BCUT2D eigenvalue weighted by Gasteiger charge is 2.21. The van der Waals surface area contributed by atoms with Crippen LogP contribution in [0.15, 0.2) is 42.7 Å². The molecule has 7 nitrogen and oxygen atoms in total. The number of hydrogen-bond acceptors (Lipinski definition) is 5. The summed E-state index contributed by atoms with van der Waals surface area (Å²) >= 11 is 0. The molecule has 0 saturated carbocycles.